The molecule has 146 valence electrons. The first-order valence-electron chi connectivity index (χ1n) is 8.79. The molecule has 1 heterocycles. The van der Waals surface area contributed by atoms with Gasteiger partial charge >= 0.3 is 5.97 Å². The van der Waals surface area contributed by atoms with Gasteiger partial charge < -0.3 is 14.6 Å². The SMILES string of the molecule is CCCc1cc(C)c2cc(Oc3c(Br)cc(OCC(=O)O)cc3Br)ccc2n1. The van der Waals surface area contributed by atoms with E-state index in [1.807, 2.05) is 18.2 Å². The smallest absolute Gasteiger partial charge is 0.341 e. The van der Waals surface area contributed by atoms with Gasteiger partial charge in [0.25, 0.3) is 0 Å². The lowest BCUT2D eigenvalue weighted by Gasteiger charge is -2.13. The second-order valence-corrected chi connectivity index (χ2v) is 8.07. The molecule has 0 radical (unpaired) electrons. The van der Waals surface area contributed by atoms with Crippen molar-refractivity contribution in [3.8, 4) is 17.2 Å². The Balaban J connectivity index is 1.89. The highest BCUT2D eigenvalue weighted by atomic mass is 79.9. The minimum Gasteiger partial charge on any atom is -0.482 e. The van der Waals surface area contributed by atoms with Crippen LogP contribution in [-0.2, 0) is 11.2 Å². The van der Waals surface area contributed by atoms with Crippen molar-refractivity contribution >= 4 is 48.7 Å². The maximum Gasteiger partial charge on any atom is 0.341 e. The fourth-order valence-corrected chi connectivity index (χ4v) is 4.18. The molecular weight excluding hydrogens is 490 g/mol. The van der Waals surface area contributed by atoms with Gasteiger partial charge in [-0.3, -0.25) is 4.98 Å². The molecule has 0 aliphatic heterocycles. The lowest BCUT2D eigenvalue weighted by Crippen LogP contribution is -2.09. The van der Waals surface area contributed by atoms with Crippen molar-refractivity contribution in [3.05, 3.63) is 56.6 Å². The number of hydrogen-bond donors (Lipinski definition) is 1. The largest absolute Gasteiger partial charge is 0.482 e. The van der Waals surface area contributed by atoms with Gasteiger partial charge in [-0.2, -0.15) is 0 Å². The number of aliphatic carboxylic acids is 1. The zero-order chi connectivity index (χ0) is 20.3. The number of aryl methyl sites for hydroxylation is 2. The van der Waals surface area contributed by atoms with E-state index in [0.717, 1.165) is 35.0 Å². The Morgan fingerprint density at radius 2 is 1.82 bits per heavy atom. The molecule has 0 bridgehead atoms. The van der Waals surface area contributed by atoms with E-state index in [1.54, 1.807) is 12.1 Å². The van der Waals surface area contributed by atoms with Crippen molar-refractivity contribution in [1.29, 1.82) is 0 Å². The first kappa shape index (κ1) is 20.6. The van der Waals surface area contributed by atoms with Crippen LogP contribution in [0.4, 0.5) is 0 Å². The van der Waals surface area contributed by atoms with Gasteiger partial charge in [0, 0.05) is 11.1 Å². The summed E-state index contributed by atoms with van der Waals surface area (Å²) in [7, 11) is 0. The lowest BCUT2D eigenvalue weighted by atomic mass is 10.1. The van der Waals surface area contributed by atoms with Crippen LogP contribution in [0.1, 0.15) is 24.6 Å². The van der Waals surface area contributed by atoms with E-state index < -0.39 is 12.6 Å². The van der Waals surface area contributed by atoms with Crippen molar-refractivity contribution in [3.63, 3.8) is 0 Å². The number of carboxylic acids is 1. The number of aromatic nitrogens is 1. The summed E-state index contributed by atoms with van der Waals surface area (Å²) in [6.07, 6.45) is 2.03. The first-order chi connectivity index (χ1) is 13.4. The molecule has 0 atom stereocenters. The molecule has 1 aromatic heterocycles. The summed E-state index contributed by atoms with van der Waals surface area (Å²) in [5.41, 5.74) is 3.21. The second kappa shape index (κ2) is 8.92. The number of carbonyl (C=O) groups is 1. The van der Waals surface area contributed by atoms with Crippen molar-refractivity contribution in [1.82, 2.24) is 4.98 Å². The maximum absolute atomic E-state index is 10.7. The minimum absolute atomic E-state index is 0.407. The number of halogens is 2. The van der Waals surface area contributed by atoms with E-state index in [2.05, 4.69) is 51.8 Å². The van der Waals surface area contributed by atoms with Gasteiger partial charge in [0.1, 0.15) is 11.5 Å². The molecule has 5 nitrogen and oxygen atoms in total. The zero-order valence-corrected chi connectivity index (χ0v) is 18.6. The highest BCUT2D eigenvalue weighted by Crippen LogP contribution is 2.40. The van der Waals surface area contributed by atoms with E-state index >= 15 is 0 Å². The Bertz CT molecular complexity index is 1010. The van der Waals surface area contributed by atoms with Gasteiger partial charge in [0.2, 0.25) is 0 Å². The van der Waals surface area contributed by atoms with Crippen LogP contribution in [0.2, 0.25) is 0 Å². The molecule has 1 N–H and O–H groups in total. The lowest BCUT2D eigenvalue weighted by molar-refractivity contribution is -0.139. The predicted octanol–water partition coefficient (Wildman–Crippen LogP) is 6.28. The van der Waals surface area contributed by atoms with Crippen LogP contribution < -0.4 is 9.47 Å². The first-order valence-corrected chi connectivity index (χ1v) is 10.4. The standard InChI is InChI=1S/C21H19Br2NO4/c1-3-4-13-7-12(2)16-8-14(5-6-19(16)24-13)28-21-17(22)9-15(10-18(21)23)27-11-20(25)26/h5-10H,3-4,11H2,1-2H3,(H,25,26). The zero-order valence-electron chi connectivity index (χ0n) is 15.5. The number of carboxylic acid groups (broad SMARTS) is 1. The van der Waals surface area contributed by atoms with Gasteiger partial charge in [0.15, 0.2) is 12.4 Å². The third-order valence-corrected chi connectivity index (χ3v) is 5.28. The van der Waals surface area contributed by atoms with Crippen molar-refractivity contribution in [2.75, 3.05) is 6.61 Å². The maximum atomic E-state index is 10.7. The normalized spacial score (nSPS) is 10.9. The van der Waals surface area contributed by atoms with E-state index in [0.29, 0.717) is 26.2 Å². The van der Waals surface area contributed by atoms with Crippen LogP contribution in [0.15, 0.2) is 45.3 Å². The summed E-state index contributed by atoms with van der Waals surface area (Å²) < 4.78 is 12.6. The summed E-state index contributed by atoms with van der Waals surface area (Å²) in [6.45, 7) is 3.81. The molecule has 0 aliphatic carbocycles. The summed E-state index contributed by atoms with van der Waals surface area (Å²) in [6, 6.07) is 11.3. The molecule has 28 heavy (non-hydrogen) atoms. The number of benzene rings is 2. The Morgan fingerprint density at radius 1 is 1.11 bits per heavy atom. The number of ether oxygens (including phenoxy) is 2. The summed E-state index contributed by atoms with van der Waals surface area (Å²) in [4.78, 5) is 15.4. The molecule has 0 fully saturated rings. The molecule has 0 aliphatic rings. The molecule has 0 amide bonds. The van der Waals surface area contributed by atoms with Crippen LogP contribution in [0.5, 0.6) is 17.2 Å². The van der Waals surface area contributed by atoms with Crippen molar-refractivity contribution < 1.29 is 19.4 Å². The van der Waals surface area contributed by atoms with E-state index in [1.165, 1.54) is 0 Å². The van der Waals surface area contributed by atoms with Crippen LogP contribution in [0, 0.1) is 6.92 Å². The number of rotatable bonds is 7. The Morgan fingerprint density at radius 3 is 2.46 bits per heavy atom. The number of fused-ring (bicyclic) bond motifs is 1. The topological polar surface area (TPSA) is 68.7 Å². The third-order valence-electron chi connectivity index (χ3n) is 4.10. The Kier molecular flexibility index (Phi) is 6.57. The fraction of sp³-hybridized carbons (Fsp3) is 0.238. The van der Waals surface area contributed by atoms with Gasteiger partial charge in [-0.15, -0.1) is 0 Å². The van der Waals surface area contributed by atoms with Crippen molar-refractivity contribution in [2.45, 2.75) is 26.7 Å². The second-order valence-electron chi connectivity index (χ2n) is 6.36. The number of hydrogen-bond acceptors (Lipinski definition) is 4. The van der Waals surface area contributed by atoms with Crippen molar-refractivity contribution in [2.24, 2.45) is 0 Å². The number of nitrogens with zero attached hydrogens (tertiary/aromatic N) is 1. The number of pyridine rings is 1. The van der Waals surface area contributed by atoms with E-state index in [4.69, 9.17) is 19.6 Å². The molecule has 0 saturated heterocycles. The average molecular weight is 509 g/mol. The minimum atomic E-state index is -1.03. The molecule has 3 rings (SSSR count). The molecule has 7 heteroatoms. The highest BCUT2D eigenvalue weighted by molar-refractivity contribution is 9.11. The van der Waals surface area contributed by atoms with Gasteiger partial charge in [0.05, 0.1) is 14.5 Å². The third kappa shape index (κ3) is 4.83. The average Bonchev–Trinajstić information content (AvgIpc) is 2.63. The van der Waals surface area contributed by atoms with Crippen LogP contribution >= 0.6 is 31.9 Å². The fourth-order valence-electron chi connectivity index (χ4n) is 2.87. The Hall–Kier alpha value is -2.12. The monoisotopic (exact) mass is 507 g/mol. The summed E-state index contributed by atoms with van der Waals surface area (Å²) in [5.74, 6) is 0.654. The Labute approximate surface area is 179 Å². The summed E-state index contributed by atoms with van der Waals surface area (Å²) in [5, 5.41) is 9.79. The van der Waals surface area contributed by atoms with E-state index in [9.17, 15) is 4.79 Å². The predicted molar refractivity (Wildman–Crippen MR) is 116 cm³/mol. The molecule has 0 spiro atoms. The van der Waals surface area contributed by atoms with Gasteiger partial charge in [-0.1, -0.05) is 13.3 Å². The van der Waals surface area contributed by atoms with E-state index in [-0.39, 0.29) is 0 Å². The van der Waals surface area contributed by atoms with Gasteiger partial charge in [-0.05, 0) is 87.2 Å². The van der Waals surface area contributed by atoms with Crippen LogP contribution in [0.3, 0.4) is 0 Å². The highest BCUT2D eigenvalue weighted by Gasteiger charge is 2.13. The van der Waals surface area contributed by atoms with Crippen LogP contribution in [-0.4, -0.2) is 22.7 Å². The molecule has 3 aromatic rings. The summed E-state index contributed by atoms with van der Waals surface area (Å²) >= 11 is 6.92. The molecule has 0 unspecified atom stereocenters. The molecule has 2 aromatic carbocycles. The quantitative estimate of drug-likeness (QED) is 0.407. The van der Waals surface area contributed by atoms with Crippen LogP contribution in [0.25, 0.3) is 10.9 Å². The molecule has 0 saturated carbocycles. The van der Waals surface area contributed by atoms with Gasteiger partial charge in [-0.25, -0.2) is 4.79 Å². The molecular formula is C21H19Br2NO4.